The number of likely N-dealkylation sites (tertiary alicyclic amines) is 2. The standard InChI is InChI=1S/C32H36N2OS.2C2H2O4/c1-2-8-31-29(7-1)30(23-25-9-11-26(12-10-25)24-34-19-5-6-20-34)32(36-31)27-13-15-28(16-14-27)35-22-21-33-17-3-4-18-33;2*3-1(4)2(5)6/h1-2,7-16H,3-6,17-24H2;2*(H,3,4)(H,5,6). The third kappa shape index (κ3) is 10.9. The van der Waals surface area contributed by atoms with E-state index in [1.54, 1.807) is 0 Å². The first kappa shape index (κ1) is 36.1. The van der Waals surface area contributed by atoms with E-state index in [4.69, 9.17) is 44.3 Å². The highest BCUT2D eigenvalue weighted by Crippen LogP contribution is 2.40. The summed E-state index contributed by atoms with van der Waals surface area (Å²) in [7, 11) is 0. The molecule has 12 heteroatoms. The van der Waals surface area contributed by atoms with E-state index in [9.17, 15) is 0 Å². The summed E-state index contributed by atoms with van der Waals surface area (Å²) < 4.78 is 7.42. The van der Waals surface area contributed by atoms with Crippen LogP contribution in [0.3, 0.4) is 0 Å². The molecule has 2 aliphatic heterocycles. The molecule has 0 radical (unpaired) electrons. The third-order valence-corrected chi connectivity index (χ3v) is 9.33. The van der Waals surface area contributed by atoms with Gasteiger partial charge in [-0.1, -0.05) is 42.5 Å². The van der Waals surface area contributed by atoms with Gasteiger partial charge in [0.25, 0.3) is 0 Å². The predicted octanol–water partition coefficient (Wildman–Crippen LogP) is 5.54. The van der Waals surface area contributed by atoms with Crippen LogP contribution in [0.1, 0.15) is 42.4 Å². The van der Waals surface area contributed by atoms with Gasteiger partial charge < -0.3 is 25.2 Å². The van der Waals surface area contributed by atoms with Crippen LogP contribution in [0.4, 0.5) is 0 Å². The fraction of sp³-hybridized carbons (Fsp3) is 0.333. The topological polar surface area (TPSA) is 165 Å². The van der Waals surface area contributed by atoms with Gasteiger partial charge in [-0.05, 0) is 116 Å². The molecule has 0 saturated carbocycles. The van der Waals surface area contributed by atoms with Gasteiger partial charge in [0.15, 0.2) is 0 Å². The molecule has 0 amide bonds. The molecule has 2 saturated heterocycles. The van der Waals surface area contributed by atoms with Crippen molar-refractivity contribution in [3.8, 4) is 16.2 Å². The Kier molecular flexibility index (Phi) is 13.5. The van der Waals surface area contributed by atoms with Crippen molar-refractivity contribution in [1.29, 1.82) is 0 Å². The van der Waals surface area contributed by atoms with Crippen molar-refractivity contribution in [3.05, 3.63) is 89.5 Å². The SMILES string of the molecule is O=C(O)C(=O)O.O=C(O)C(=O)O.c1ccc2c(Cc3ccc(CN4CCCC4)cc3)c(-c3ccc(OCCN4CCCC4)cc3)sc2c1. The predicted molar refractivity (Wildman–Crippen MR) is 183 cm³/mol. The Morgan fingerprint density at radius 2 is 1.17 bits per heavy atom. The zero-order valence-corrected chi connectivity index (χ0v) is 27.4. The number of carboxylic acid groups (broad SMARTS) is 4. The lowest BCUT2D eigenvalue weighted by Crippen LogP contribution is -2.25. The van der Waals surface area contributed by atoms with Crippen molar-refractivity contribution in [1.82, 2.24) is 9.80 Å². The number of thiophene rings is 1. The lowest BCUT2D eigenvalue weighted by atomic mass is 9.98. The number of hydrogen-bond donors (Lipinski definition) is 4. The van der Waals surface area contributed by atoms with Crippen molar-refractivity contribution in [2.24, 2.45) is 0 Å². The molecule has 0 aliphatic carbocycles. The van der Waals surface area contributed by atoms with E-state index in [0.29, 0.717) is 0 Å². The fourth-order valence-electron chi connectivity index (χ4n) is 5.67. The maximum absolute atomic E-state index is 9.10. The smallest absolute Gasteiger partial charge is 0.414 e. The molecule has 2 aliphatic rings. The van der Waals surface area contributed by atoms with Crippen LogP contribution >= 0.6 is 11.3 Å². The highest BCUT2D eigenvalue weighted by Gasteiger charge is 2.16. The maximum Gasteiger partial charge on any atom is 0.414 e. The number of aliphatic carboxylic acids is 4. The molecule has 4 aromatic rings. The van der Waals surface area contributed by atoms with E-state index in [2.05, 4.69) is 82.6 Å². The molecule has 3 heterocycles. The summed E-state index contributed by atoms with van der Waals surface area (Å²) in [4.78, 5) is 42.8. The minimum Gasteiger partial charge on any atom is -0.492 e. The van der Waals surface area contributed by atoms with Crippen LogP contribution in [-0.4, -0.2) is 93.4 Å². The number of carboxylic acids is 4. The van der Waals surface area contributed by atoms with Gasteiger partial charge in [0, 0.05) is 22.7 Å². The second-order valence-electron chi connectivity index (χ2n) is 11.5. The molecular formula is C36H40N2O9S. The van der Waals surface area contributed by atoms with Gasteiger partial charge in [-0.15, -0.1) is 11.3 Å². The average molecular weight is 677 g/mol. The molecule has 1 aromatic heterocycles. The zero-order valence-electron chi connectivity index (χ0n) is 26.5. The lowest BCUT2D eigenvalue weighted by Gasteiger charge is -2.15. The van der Waals surface area contributed by atoms with Gasteiger partial charge in [0.2, 0.25) is 0 Å². The van der Waals surface area contributed by atoms with Crippen LogP contribution in [0.15, 0.2) is 72.8 Å². The molecule has 0 atom stereocenters. The number of rotatable bonds is 9. The van der Waals surface area contributed by atoms with Gasteiger partial charge in [-0.2, -0.15) is 0 Å². The molecule has 48 heavy (non-hydrogen) atoms. The van der Waals surface area contributed by atoms with Crippen molar-refractivity contribution in [2.45, 2.75) is 38.6 Å². The lowest BCUT2D eigenvalue weighted by molar-refractivity contribution is -0.159. The molecule has 2 fully saturated rings. The number of ether oxygens (including phenoxy) is 1. The van der Waals surface area contributed by atoms with E-state index in [-0.39, 0.29) is 0 Å². The molecule has 6 rings (SSSR count). The van der Waals surface area contributed by atoms with Crippen molar-refractivity contribution < 1.29 is 44.3 Å². The summed E-state index contributed by atoms with van der Waals surface area (Å²) in [5.41, 5.74) is 5.53. The number of fused-ring (bicyclic) bond motifs is 1. The van der Waals surface area contributed by atoms with Gasteiger partial charge in [-0.3, -0.25) is 9.80 Å². The second kappa shape index (κ2) is 17.9. The number of carbonyl (C=O) groups is 4. The summed E-state index contributed by atoms with van der Waals surface area (Å²) in [5, 5.41) is 30.9. The van der Waals surface area contributed by atoms with E-state index in [1.165, 1.54) is 89.1 Å². The molecule has 3 aromatic carbocycles. The first-order valence-corrected chi connectivity index (χ1v) is 16.6. The Bertz CT molecular complexity index is 1630. The highest BCUT2D eigenvalue weighted by molar-refractivity contribution is 7.22. The normalized spacial score (nSPS) is 14.4. The molecule has 4 N–H and O–H groups in total. The highest BCUT2D eigenvalue weighted by atomic mass is 32.1. The van der Waals surface area contributed by atoms with Crippen LogP contribution < -0.4 is 4.74 Å². The Labute approximate surface area is 282 Å². The van der Waals surface area contributed by atoms with Crippen molar-refractivity contribution >= 4 is 45.3 Å². The fourth-order valence-corrected chi connectivity index (χ4v) is 6.90. The first-order valence-electron chi connectivity index (χ1n) is 15.8. The van der Waals surface area contributed by atoms with Crippen LogP contribution in [0.5, 0.6) is 5.75 Å². The molecule has 0 bridgehead atoms. The van der Waals surface area contributed by atoms with E-state index in [0.717, 1.165) is 31.9 Å². The molecule has 0 spiro atoms. The molecule has 0 unspecified atom stereocenters. The third-order valence-electron chi connectivity index (χ3n) is 8.06. The minimum atomic E-state index is -1.82. The Hall–Kier alpha value is -4.78. The molecular weight excluding hydrogens is 636 g/mol. The number of hydrogen-bond acceptors (Lipinski definition) is 8. The van der Waals surface area contributed by atoms with Crippen LogP contribution in [0, 0.1) is 0 Å². The number of nitrogens with zero attached hydrogens (tertiary/aromatic N) is 2. The molecule has 254 valence electrons. The van der Waals surface area contributed by atoms with Crippen LogP contribution in [0.25, 0.3) is 20.5 Å². The monoisotopic (exact) mass is 676 g/mol. The summed E-state index contributed by atoms with van der Waals surface area (Å²) in [6.07, 6.45) is 6.30. The Balaban J connectivity index is 0.000000373. The first-order chi connectivity index (χ1) is 23.1. The maximum atomic E-state index is 9.10. The van der Waals surface area contributed by atoms with Crippen molar-refractivity contribution in [3.63, 3.8) is 0 Å². The van der Waals surface area contributed by atoms with Gasteiger partial charge in [0.05, 0.1) is 0 Å². The number of benzene rings is 3. The summed E-state index contributed by atoms with van der Waals surface area (Å²) in [5.74, 6) is -6.33. The largest absolute Gasteiger partial charge is 0.492 e. The quantitative estimate of drug-likeness (QED) is 0.165. The zero-order chi connectivity index (χ0) is 34.5. The van der Waals surface area contributed by atoms with E-state index >= 15 is 0 Å². The second-order valence-corrected chi connectivity index (χ2v) is 12.6. The Morgan fingerprint density at radius 1 is 0.646 bits per heavy atom. The molecule has 11 nitrogen and oxygen atoms in total. The minimum absolute atomic E-state index is 0.765. The van der Waals surface area contributed by atoms with Crippen LogP contribution in [0.2, 0.25) is 0 Å². The van der Waals surface area contributed by atoms with Gasteiger partial charge in [-0.25, -0.2) is 19.2 Å². The average Bonchev–Trinajstić information content (AvgIpc) is 3.86. The van der Waals surface area contributed by atoms with Crippen molar-refractivity contribution in [2.75, 3.05) is 39.3 Å². The van der Waals surface area contributed by atoms with E-state index in [1.807, 2.05) is 11.3 Å². The Morgan fingerprint density at radius 3 is 1.73 bits per heavy atom. The van der Waals surface area contributed by atoms with E-state index < -0.39 is 23.9 Å². The summed E-state index contributed by atoms with van der Waals surface area (Å²) in [6, 6.07) is 26.9. The van der Waals surface area contributed by atoms with Gasteiger partial charge >= 0.3 is 23.9 Å². The van der Waals surface area contributed by atoms with Crippen LogP contribution in [-0.2, 0) is 32.1 Å². The van der Waals surface area contributed by atoms with Gasteiger partial charge in [0.1, 0.15) is 12.4 Å². The summed E-state index contributed by atoms with van der Waals surface area (Å²) >= 11 is 1.91. The summed E-state index contributed by atoms with van der Waals surface area (Å²) in [6.45, 7) is 7.80.